The molecule has 51 heavy (non-hydrogen) atoms. The molecule has 0 aliphatic carbocycles. The minimum absolute atomic E-state index is 0.00696. The third kappa shape index (κ3) is 8.87. The number of benzene rings is 1. The average molecular weight is 703 g/mol. The van der Waals surface area contributed by atoms with Gasteiger partial charge in [0.15, 0.2) is 6.20 Å². The molecule has 1 saturated heterocycles. The molecule has 270 valence electrons. The number of hydrogen-bond donors (Lipinski definition) is 6. The molecule has 0 bridgehead atoms. The number of likely N-dealkylation sites (N-methyl/N-ethyl adjacent to an activating group) is 1. The molecular weight excluding hydrogens is 658 g/mol. The van der Waals surface area contributed by atoms with Gasteiger partial charge in [0, 0.05) is 36.6 Å². The standard InChI is InChI=1S/C35H43N9O7/c1-21(2)31-34(50)40-25(11-6-7-14-43-15-16-44-29(43)12-8-13-38-44)32(48)37-20-28(45)39-26(18-30(46)47)33(49)41-27(35(51)42(31)3)17-22-19-36-24-10-5-4-9-23(22)24/h4-5,8-10,12-13,15-16,19,21,25-27,31,36H,6-7,11,14,17-18,20H2,1-3H3,(H4-,37,39,40,41,45,46,47,48,49,50)/p+1/t25-,26-,27+,31?/m0/s1. The number of aliphatic carboxylic acids is 1. The maximum atomic E-state index is 14.2. The first-order valence-corrected chi connectivity index (χ1v) is 17.0. The number of unbranched alkanes of at least 4 members (excludes halogenated alkanes) is 1. The first kappa shape index (κ1) is 36.5. The molecule has 0 spiro atoms. The van der Waals surface area contributed by atoms with Crippen molar-refractivity contribution in [2.45, 2.75) is 76.7 Å². The number of carbonyl (C=O) groups excluding carboxylic acids is 5. The number of fused-ring (bicyclic) bond motifs is 2. The van der Waals surface area contributed by atoms with E-state index in [1.54, 1.807) is 30.8 Å². The largest absolute Gasteiger partial charge is 0.481 e. The van der Waals surface area contributed by atoms with E-state index in [0.717, 1.165) is 16.6 Å². The summed E-state index contributed by atoms with van der Waals surface area (Å²) >= 11 is 0. The number of aromatic amines is 1. The maximum Gasteiger partial charge on any atom is 0.307 e. The highest BCUT2D eigenvalue weighted by molar-refractivity contribution is 5.98. The van der Waals surface area contributed by atoms with Gasteiger partial charge in [0.1, 0.15) is 30.4 Å². The Balaban J connectivity index is 1.40. The van der Waals surface area contributed by atoms with E-state index in [-0.39, 0.29) is 12.8 Å². The van der Waals surface area contributed by atoms with Crippen LogP contribution in [0, 0.1) is 5.92 Å². The number of para-hydroxylation sites is 1. The van der Waals surface area contributed by atoms with Crippen LogP contribution in [0.25, 0.3) is 16.6 Å². The van der Waals surface area contributed by atoms with Gasteiger partial charge in [0.05, 0.1) is 25.7 Å². The lowest BCUT2D eigenvalue weighted by Gasteiger charge is -2.34. The van der Waals surface area contributed by atoms with E-state index in [0.29, 0.717) is 24.9 Å². The Bertz CT molecular complexity index is 1920. The molecule has 6 N–H and O–H groups in total. The topological polar surface area (TPSA) is 212 Å². The highest BCUT2D eigenvalue weighted by Crippen LogP contribution is 2.21. The van der Waals surface area contributed by atoms with Gasteiger partial charge in [-0.25, -0.2) is 4.57 Å². The lowest BCUT2D eigenvalue weighted by Crippen LogP contribution is -2.59. The summed E-state index contributed by atoms with van der Waals surface area (Å²) in [5.74, 6) is -5.28. The minimum atomic E-state index is -1.55. The number of rotatable bonds is 10. The number of nitrogens with one attached hydrogen (secondary N) is 5. The van der Waals surface area contributed by atoms with Crippen LogP contribution in [-0.2, 0) is 41.7 Å². The van der Waals surface area contributed by atoms with Crippen molar-refractivity contribution in [3.63, 3.8) is 0 Å². The smallest absolute Gasteiger partial charge is 0.307 e. The Morgan fingerprint density at radius 1 is 0.961 bits per heavy atom. The van der Waals surface area contributed by atoms with Crippen LogP contribution < -0.4 is 25.8 Å². The predicted octanol–water partition coefficient (Wildman–Crippen LogP) is 0.0580. The monoisotopic (exact) mass is 702 g/mol. The van der Waals surface area contributed by atoms with E-state index in [9.17, 15) is 33.9 Å². The molecule has 0 saturated carbocycles. The van der Waals surface area contributed by atoms with Crippen LogP contribution in [0.1, 0.15) is 45.1 Å². The van der Waals surface area contributed by atoms with Crippen LogP contribution >= 0.6 is 0 Å². The first-order chi connectivity index (χ1) is 24.4. The Kier molecular flexibility index (Phi) is 11.6. The van der Waals surface area contributed by atoms with E-state index in [4.69, 9.17) is 0 Å². The molecular formula is C35H44N9O7+. The SMILES string of the molecule is CC(C)C1C(=O)N[C@@H](CCCCn2cc[n+]3ncccc23)C(=O)NCC(=O)N[C@@H](CC(=O)O)C(=O)N[C@H](Cc2c[nH]c3ccccc23)C(=O)N1C. The summed E-state index contributed by atoms with van der Waals surface area (Å²) in [6.45, 7) is 3.59. The second-order valence-corrected chi connectivity index (χ2v) is 13.1. The van der Waals surface area contributed by atoms with Crippen molar-refractivity contribution < 1.29 is 38.4 Å². The van der Waals surface area contributed by atoms with Gasteiger partial charge < -0.3 is 36.3 Å². The van der Waals surface area contributed by atoms with Crippen molar-refractivity contribution in [1.29, 1.82) is 0 Å². The summed E-state index contributed by atoms with van der Waals surface area (Å²) in [5, 5.41) is 25.0. The number of amides is 5. The van der Waals surface area contributed by atoms with E-state index in [1.165, 1.54) is 11.9 Å². The zero-order valence-electron chi connectivity index (χ0n) is 28.8. The summed E-state index contributed by atoms with van der Waals surface area (Å²) in [6, 6.07) is 6.33. The fraction of sp³-hybridized carbons (Fsp3) is 0.429. The van der Waals surface area contributed by atoms with Crippen LogP contribution in [0.15, 0.2) is 61.2 Å². The molecule has 1 aromatic carbocycles. The molecule has 4 aromatic rings. The second kappa shape index (κ2) is 16.3. The Morgan fingerprint density at radius 3 is 2.49 bits per heavy atom. The third-order valence-corrected chi connectivity index (χ3v) is 9.05. The van der Waals surface area contributed by atoms with E-state index in [2.05, 4.69) is 31.3 Å². The molecule has 4 atom stereocenters. The number of aromatic nitrogens is 4. The molecule has 5 amide bonds. The molecule has 4 heterocycles. The van der Waals surface area contributed by atoms with E-state index < -0.39 is 78.6 Å². The fourth-order valence-electron chi connectivity index (χ4n) is 6.50. The van der Waals surface area contributed by atoms with Gasteiger partial charge >= 0.3 is 11.6 Å². The molecule has 16 heteroatoms. The number of carboxylic acids is 1. The molecule has 0 radical (unpaired) electrons. The quantitative estimate of drug-likeness (QED) is 0.0980. The summed E-state index contributed by atoms with van der Waals surface area (Å²) < 4.78 is 3.77. The fourth-order valence-corrected chi connectivity index (χ4v) is 6.50. The van der Waals surface area contributed by atoms with Crippen molar-refractivity contribution in [3.05, 3.63) is 66.7 Å². The Labute approximate surface area is 293 Å². The summed E-state index contributed by atoms with van der Waals surface area (Å²) in [6.07, 6.45) is 7.82. The van der Waals surface area contributed by atoms with E-state index >= 15 is 0 Å². The summed E-state index contributed by atoms with van der Waals surface area (Å²) in [5.41, 5.74) is 2.42. The zero-order valence-corrected chi connectivity index (χ0v) is 28.8. The number of carboxylic acid groups (broad SMARTS) is 1. The van der Waals surface area contributed by atoms with Gasteiger partial charge in [-0.2, -0.15) is 0 Å². The van der Waals surface area contributed by atoms with Gasteiger partial charge in [-0.05, 0) is 42.9 Å². The van der Waals surface area contributed by atoms with Crippen LogP contribution in [-0.4, -0.2) is 97.9 Å². The number of aryl methyl sites for hydroxylation is 1. The first-order valence-electron chi connectivity index (χ1n) is 17.0. The molecule has 1 unspecified atom stereocenters. The van der Waals surface area contributed by atoms with Crippen molar-refractivity contribution in [2.24, 2.45) is 5.92 Å². The summed E-state index contributed by atoms with van der Waals surface area (Å²) in [7, 11) is 1.46. The van der Waals surface area contributed by atoms with Crippen molar-refractivity contribution in [1.82, 2.24) is 40.8 Å². The molecule has 1 aliphatic rings. The van der Waals surface area contributed by atoms with Crippen molar-refractivity contribution in [2.75, 3.05) is 13.6 Å². The summed E-state index contributed by atoms with van der Waals surface area (Å²) in [4.78, 5) is 84.2. The highest BCUT2D eigenvalue weighted by atomic mass is 16.4. The number of hydrogen-bond acceptors (Lipinski definition) is 7. The lowest BCUT2D eigenvalue weighted by atomic mass is 9.98. The lowest BCUT2D eigenvalue weighted by molar-refractivity contribution is -0.579. The number of nitrogens with zero attached hydrogens (tertiary/aromatic N) is 4. The van der Waals surface area contributed by atoms with Gasteiger partial charge in [-0.15, -0.1) is 4.52 Å². The minimum Gasteiger partial charge on any atom is -0.481 e. The molecule has 5 rings (SSSR count). The average Bonchev–Trinajstić information content (AvgIpc) is 3.70. The third-order valence-electron chi connectivity index (χ3n) is 9.05. The van der Waals surface area contributed by atoms with Crippen LogP contribution in [0.5, 0.6) is 0 Å². The Hall–Kier alpha value is -5.80. The molecule has 16 nitrogen and oxygen atoms in total. The Morgan fingerprint density at radius 2 is 1.73 bits per heavy atom. The van der Waals surface area contributed by atoms with Crippen molar-refractivity contribution in [3.8, 4) is 0 Å². The van der Waals surface area contributed by atoms with Crippen LogP contribution in [0.2, 0.25) is 0 Å². The maximum absolute atomic E-state index is 14.2. The number of carbonyl (C=O) groups is 6. The van der Waals surface area contributed by atoms with Crippen molar-refractivity contribution >= 4 is 52.1 Å². The molecule has 1 fully saturated rings. The van der Waals surface area contributed by atoms with Crippen LogP contribution in [0.4, 0.5) is 0 Å². The van der Waals surface area contributed by atoms with Gasteiger partial charge in [-0.3, -0.25) is 28.8 Å². The van der Waals surface area contributed by atoms with Crippen LogP contribution in [0.3, 0.4) is 0 Å². The van der Waals surface area contributed by atoms with Gasteiger partial charge in [0.25, 0.3) is 0 Å². The second-order valence-electron chi connectivity index (χ2n) is 13.1. The zero-order chi connectivity index (χ0) is 36.7. The number of imidazole rings is 1. The molecule has 3 aromatic heterocycles. The molecule has 1 aliphatic heterocycles. The number of H-pyrrole nitrogens is 1. The predicted molar refractivity (Wildman–Crippen MR) is 184 cm³/mol. The van der Waals surface area contributed by atoms with Gasteiger partial charge in [-0.1, -0.05) is 37.1 Å². The normalized spacial score (nSPS) is 21.2. The van der Waals surface area contributed by atoms with E-state index in [1.807, 2.05) is 53.4 Å². The van der Waals surface area contributed by atoms with Gasteiger partial charge in [0.2, 0.25) is 29.5 Å². The highest BCUT2D eigenvalue weighted by Gasteiger charge is 2.37.